The van der Waals surface area contributed by atoms with Crippen LogP contribution in [0.3, 0.4) is 0 Å². The number of carbonyl (C=O) groups excluding carboxylic acids is 1. The first-order valence-electron chi connectivity index (χ1n) is 10.9. The van der Waals surface area contributed by atoms with Crippen molar-refractivity contribution in [1.29, 1.82) is 0 Å². The van der Waals surface area contributed by atoms with E-state index in [2.05, 4.69) is 15.5 Å². The van der Waals surface area contributed by atoms with Gasteiger partial charge in [-0.3, -0.25) is 9.36 Å². The number of hydrogen-bond acceptors (Lipinski definition) is 6. The molecule has 9 heteroatoms. The molecule has 4 rings (SSSR count). The van der Waals surface area contributed by atoms with E-state index < -0.39 is 5.25 Å². The number of methoxy groups -OCH3 is 1. The van der Waals surface area contributed by atoms with E-state index in [9.17, 15) is 9.18 Å². The molecule has 33 heavy (non-hydrogen) atoms. The van der Waals surface area contributed by atoms with Crippen LogP contribution in [0.15, 0.2) is 47.6 Å². The highest BCUT2D eigenvalue weighted by molar-refractivity contribution is 8.00. The summed E-state index contributed by atoms with van der Waals surface area (Å²) in [6.07, 6.45) is 2.08. The minimum absolute atomic E-state index is 0.0806. The van der Waals surface area contributed by atoms with E-state index in [0.29, 0.717) is 28.8 Å². The van der Waals surface area contributed by atoms with Crippen LogP contribution < -0.4 is 10.1 Å². The van der Waals surface area contributed by atoms with Crippen LogP contribution in [0.25, 0.3) is 11.4 Å². The Morgan fingerprint density at radius 2 is 2.09 bits per heavy atom. The van der Waals surface area contributed by atoms with Crippen molar-refractivity contribution in [2.75, 3.05) is 19.0 Å². The number of nitrogens with zero attached hydrogens (tertiary/aromatic N) is 3. The number of ether oxygens (including phenoxy) is 2. The molecule has 1 fully saturated rings. The minimum atomic E-state index is -0.467. The lowest BCUT2D eigenvalue weighted by molar-refractivity contribution is -0.115. The molecule has 2 heterocycles. The second-order valence-corrected chi connectivity index (χ2v) is 9.30. The largest absolute Gasteiger partial charge is 0.497 e. The number of anilines is 1. The number of thioether (sulfide) groups is 1. The number of aryl methyl sites for hydroxylation is 1. The van der Waals surface area contributed by atoms with Crippen LogP contribution in [-0.4, -0.2) is 45.7 Å². The Labute approximate surface area is 196 Å². The van der Waals surface area contributed by atoms with Gasteiger partial charge in [0.1, 0.15) is 11.6 Å². The second kappa shape index (κ2) is 10.4. The van der Waals surface area contributed by atoms with Gasteiger partial charge in [-0.2, -0.15) is 0 Å². The maximum atomic E-state index is 13.8. The number of carbonyl (C=O) groups is 1. The van der Waals surface area contributed by atoms with E-state index in [4.69, 9.17) is 9.47 Å². The Morgan fingerprint density at radius 3 is 2.76 bits per heavy atom. The lowest BCUT2D eigenvalue weighted by atomic mass is 10.2. The Balaban J connectivity index is 1.54. The van der Waals surface area contributed by atoms with Crippen LogP contribution in [0.5, 0.6) is 5.75 Å². The summed E-state index contributed by atoms with van der Waals surface area (Å²) in [6.45, 7) is 4.83. The first-order valence-corrected chi connectivity index (χ1v) is 11.8. The summed E-state index contributed by atoms with van der Waals surface area (Å²) >= 11 is 1.31. The van der Waals surface area contributed by atoms with Crippen LogP contribution in [-0.2, 0) is 16.1 Å². The molecule has 1 aliphatic rings. The predicted octanol–water partition coefficient (Wildman–Crippen LogP) is 4.70. The first-order chi connectivity index (χ1) is 15.9. The maximum absolute atomic E-state index is 13.8. The molecule has 1 N–H and O–H groups in total. The molecule has 0 spiro atoms. The highest BCUT2D eigenvalue weighted by atomic mass is 32.2. The second-order valence-electron chi connectivity index (χ2n) is 7.99. The fraction of sp³-hybridized carbons (Fsp3) is 0.375. The number of halogens is 1. The molecule has 2 aromatic carbocycles. The first kappa shape index (κ1) is 23.3. The van der Waals surface area contributed by atoms with Gasteiger partial charge in [-0.1, -0.05) is 17.8 Å². The average molecular weight is 471 g/mol. The number of nitrogens with one attached hydrogen (secondary N) is 1. The van der Waals surface area contributed by atoms with Crippen molar-refractivity contribution < 1.29 is 18.7 Å². The van der Waals surface area contributed by atoms with Gasteiger partial charge in [0.05, 0.1) is 25.0 Å². The quantitative estimate of drug-likeness (QED) is 0.481. The van der Waals surface area contributed by atoms with Crippen LogP contribution in [0.1, 0.15) is 25.3 Å². The average Bonchev–Trinajstić information content (AvgIpc) is 3.47. The van der Waals surface area contributed by atoms with Gasteiger partial charge in [-0.15, -0.1) is 10.2 Å². The molecular weight excluding hydrogens is 443 g/mol. The van der Waals surface area contributed by atoms with Crippen LogP contribution in [0.4, 0.5) is 10.1 Å². The van der Waals surface area contributed by atoms with Gasteiger partial charge < -0.3 is 14.8 Å². The SMILES string of the molecule is COc1ccc(-c2nnc(SC(C)C(=O)Nc3ccc(C)c(F)c3)n2CC2CCCO2)cc1. The molecule has 1 aliphatic heterocycles. The normalized spacial score (nSPS) is 16.5. The van der Waals surface area contributed by atoms with Gasteiger partial charge >= 0.3 is 0 Å². The molecule has 0 saturated carbocycles. The number of hydrogen-bond donors (Lipinski definition) is 1. The lowest BCUT2D eigenvalue weighted by Gasteiger charge is -2.17. The van der Waals surface area contributed by atoms with Gasteiger partial charge in [-0.05, 0) is 68.7 Å². The van der Waals surface area contributed by atoms with Gasteiger partial charge in [0.2, 0.25) is 5.91 Å². The molecule has 1 saturated heterocycles. The Hall–Kier alpha value is -2.91. The topological polar surface area (TPSA) is 78.3 Å². The van der Waals surface area contributed by atoms with Crippen molar-refractivity contribution in [2.24, 2.45) is 0 Å². The van der Waals surface area contributed by atoms with E-state index in [0.717, 1.165) is 30.8 Å². The minimum Gasteiger partial charge on any atom is -0.497 e. The number of benzene rings is 2. The molecular formula is C24H27FN4O3S. The Bertz CT molecular complexity index is 1110. The molecule has 1 amide bonds. The van der Waals surface area contributed by atoms with Gasteiger partial charge in [0, 0.05) is 17.9 Å². The third kappa shape index (κ3) is 5.54. The monoisotopic (exact) mass is 470 g/mol. The van der Waals surface area contributed by atoms with E-state index >= 15 is 0 Å². The summed E-state index contributed by atoms with van der Waals surface area (Å²) in [4.78, 5) is 12.8. The molecule has 3 aromatic rings. The van der Waals surface area contributed by atoms with Crippen molar-refractivity contribution in [1.82, 2.24) is 14.8 Å². The van der Waals surface area contributed by atoms with Crippen molar-refractivity contribution in [3.05, 3.63) is 53.8 Å². The summed E-state index contributed by atoms with van der Waals surface area (Å²) in [6, 6.07) is 12.3. The molecule has 2 atom stereocenters. The van der Waals surface area contributed by atoms with Crippen molar-refractivity contribution in [2.45, 2.75) is 49.7 Å². The standard InChI is InChI=1S/C24H27FN4O3S/c1-15-6-9-18(13-21(15)25)26-23(30)16(2)33-24-28-27-22(17-7-10-19(31-3)11-8-17)29(24)14-20-5-4-12-32-20/h6-11,13,16,20H,4-5,12,14H2,1-3H3,(H,26,30). The van der Waals surface area contributed by atoms with Crippen molar-refractivity contribution in [3.63, 3.8) is 0 Å². The zero-order valence-corrected chi connectivity index (χ0v) is 19.7. The van der Waals surface area contributed by atoms with Crippen molar-refractivity contribution in [3.8, 4) is 17.1 Å². The van der Waals surface area contributed by atoms with E-state index in [1.165, 1.54) is 17.8 Å². The predicted molar refractivity (Wildman–Crippen MR) is 126 cm³/mol. The summed E-state index contributed by atoms with van der Waals surface area (Å²) in [5.41, 5.74) is 1.86. The maximum Gasteiger partial charge on any atom is 0.237 e. The number of aromatic nitrogens is 3. The Kier molecular flexibility index (Phi) is 7.29. The number of amides is 1. The van der Waals surface area contributed by atoms with E-state index in [-0.39, 0.29) is 17.8 Å². The fourth-order valence-electron chi connectivity index (χ4n) is 3.61. The third-order valence-electron chi connectivity index (χ3n) is 5.57. The molecule has 174 valence electrons. The van der Waals surface area contributed by atoms with Crippen LogP contribution >= 0.6 is 11.8 Å². The van der Waals surface area contributed by atoms with Crippen LogP contribution in [0, 0.1) is 12.7 Å². The van der Waals surface area contributed by atoms with Crippen molar-refractivity contribution >= 4 is 23.4 Å². The Morgan fingerprint density at radius 1 is 1.30 bits per heavy atom. The summed E-state index contributed by atoms with van der Waals surface area (Å²) in [5, 5.41) is 11.7. The van der Waals surface area contributed by atoms with E-state index in [1.54, 1.807) is 33.1 Å². The molecule has 7 nitrogen and oxygen atoms in total. The highest BCUT2D eigenvalue weighted by Gasteiger charge is 2.25. The zero-order chi connectivity index (χ0) is 23.4. The van der Waals surface area contributed by atoms with Gasteiger partial charge in [0.15, 0.2) is 11.0 Å². The highest BCUT2D eigenvalue weighted by Crippen LogP contribution is 2.30. The lowest BCUT2D eigenvalue weighted by Crippen LogP contribution is -2.23. The molecule has 0 radical (unpaired) electrons. The smallest absolute Gasteiger partial charge is 0.237 e. The molecule has 2 unspecified atom stereocenters. The van der Waals surface area contributed by atoms with Gasteiger partial charge in [0.25, 0.3) is 0 Å². The summed E-state index contributed by atoms with van der Waals surface area (Å²) in [5.74, 6) is 0.884. The molecule has 0 bridgehead atoms. The van der Waals surface area contributed by atoms with E-state index in [1.807, 2.05) is 28.8 Å². The van der Waals surface area contributed by atoms with Crippen LogP contribution in [0.2, 0.25) is 0 Å². The molecule has 1 aromatic heterocycles. The fourth-order valence-corrected chi connectivity index (χ4v) is 4.47. The summed E-state index contributed by atoms with van der Waals surface area (Å²) < 4.78 is 26.9. The third-order valence-corrected chi connectivity index (χ3v) is 6.65. The molecule has 0 aliphatic carbocycles. The zero-order valence-electron chi connectivity index (χ0n) is 18.9. The number of rotatable bonds is 8. The van der Waals surface area contributed by atoms with Gasteiger partial charge in [-0.25, -0.2) is 4.39 Å². The summed E-state index contributed by atoms with van der Waals surface area (Å²) in [7, 11) is 1.63.